The average Bonchev–Trinajstić information content (AvgIpc) is 3.16. The van der Waals surface area contributed by atoms with E-state index in [0.717, 1.165) is 29.2 Å². The minimum Gasteiger partial charge on any atom is -0.355 e. The first-order valence-corrected chi connectivity index (χ1v) is 13.1. The van der Waals surface area contributed by atoms with Crippen LogP contribution >= 0.6 is 0 Å². The van der Waals surface area contributed by atoms with Crippen molar-refractivity contribution >= 4 is 22.7 Å². The minimum atomic E-state index is -0.0110. The van der Waals surface area contributed by atoms with Gasteiger partial charge in [0, 0.05) is 33.7 Å². The molecule has 0 saturated heterocycles. The van der Waals surface area contributed by atoms with Gasteiger partial charge in [-0.25, -0.2) is 0 Å². The second-order valence-corrected chi connectivity index (χ2v) is 10.3. The summed E-state index contributed by atoms with van der Waals surface area (Å²) in [6.07, 6.45) is 0.973. The lowest BCUT2D eigenvalue weighted by Gasteiger charge is -2.22. The van der Waals surface area contributed by atoms with E-state index >= 15 is 0 Å². The lowest BCUT2D eigenvalue weighted by atomic mass is 9.82. The van der Waals surface area contributed by atoms with Crippen molar-refractivity contribution in [1.29, 1.82) is 0 Å². The summed E-state index contributed by atoms with van der Waals surface area (Å²) in [4.78, 5) is 0. The summed E-state index contributed by atoms with van der Waals surface area (Å²) in [5, 5.41) is 7.33. The molecule has 0 radical (unpaired) electrons. The summed E-state index contributed by atoms with van der Waals surface area (Å²) in [7, 11) is 0. The summed E-state index contributed by atoms with van der Waals surface area (Å²) in [5.41, 5.74) is 13.7. The van der Waals surface area contributed by atoms with Crippen LogP contribution in [0.15, 0.2) is 115 Å². The Morgan fingerprint density at radius 3 is 1.97 bits per heavy atom. The van der Waals surface area contributed by atoms with Crippen LogP contribution in [0.25, 0.3) is 22.3 Å². The second kappa shape index (κ2) is 9.29. The van der Waals surface area contributed by atoms with Crippen LogP contribution in [0.1, 0.15) is 37.5 Å². The lowest BCUT2D eigenvalue weighted by molar-refractivity contribution is 0.660. The molecule has 182 valence electrons. The Labute approximate surface area is 220 Å². The molecular weight excluding hydrogens is 448 g/mol. The predicted molar refractivity (Wildman–Crippen MR) is 158 cm³/mol. The molecule has 1 aliphatic rings. The molecule has 0 heterocycles. The van der Waals surface area contributed by atoms with Crippen LogP contribution in [0.5, 0.6) is 0 Å². The Balaban J connectivity index is 1.35. The van der Waals surface area contributed by atoms with Gasteiger partial charge in [0.25, 0.3) is 0 Å². The highest BCUT2D eigenvalue weighted by Crippen LogP contribution is 2.49. The molecule has 0 atom stereocenters. The predicted octanol–water partition coefficient (Wildman–Crippen LogP) is 9.71. The fourth-order valence-electron chi connectivity index (χ4n) is 5.67. The Morgan fingerprint density at radius 2 is 1.16 bits per heavy atom. The van der Waals surface area contributed by atoms with Gasteiger partial charge in [-0.15, -0.1) is 0 Å². The summed E-state index contributed by atoms with van der Waals surface area (Å²) < 4.78 is 0. The number of benzene rings is 5. The van der Waals surface area contributed by atoms with Crippen molar-refractivity contribution in [3.63, 3.8) is 0 Å². The highest BCUT2D eigenvalue weighted by molar-refractivity contribution is 5.86. The molecule has 2 N–H and O–H groups in total. The standard InChI is InChI=1S/C35H32N2/c1-4-24-18-19-26(22-31(24)30-15-9-11-17-34(30)37-25-12-6-5-7-13-25)36-27-20-21-29-28-14-8-10-16-32(28)35(2,3)33(29)23-27/h5-23,36-37H,4H2,1-3H3. The second-order valence-electron chi connectivity index (χ2n) is 10.3. The smallest absolute Gasteiger partial charge is 0.0464 e. The number of fused-ring (bicyclic) bond motifs is 3. The van der Waals surface area contributed by atoms with Gasteiger partial charge in [0.2, 0.25) is 0 Å². The van der Waals surface area contributed by atoms with E-state index < -0.39 is 0 Å². The third-order valence-electron chi connectivity index (χ3n) is 7.63. The van der Waals surface area contributed by atoms with Gasteiger partial charge in [-0.2, -0.15) is 0 Å². The maximum absolute atomic E-state index is 3.71. The van der Waals surface area contributed by atoms with Gasteiger partial charge in [0.1, 0.15) is 0 Å². The van der Waals surface area contributed by atoms with E-state index in [2.05, 4.69) is 141 Å². The molecule has 2 nitrogen and oxygen atoms in total. The van der Waals surface area contributed by atoms with Crippen LogP contribution < -0.4 is 10.6 Å². The Bertz CT molecular complexity index is 1580. The van der Waals surface area contributed by atoms with E-state index in [0.29, 0.717) is 0 Å². The normalized spacial score (nSPS) is 13.1. The first-order valence-electron chi connectivity index (χ1n) is 13.1. The third-order valence-corrected chi connectivity index (χ3v) is 7.63. The molecule has 0 saturated carbocycles. The van der Waals surface area contributed by atoms with E-state index in [4.69, 9.17) is 0 Å². The molecule has 37 heavy (non-hydrogen) atoms. The van der Waals surface area contributed by atoms with Gasteiger partial charge in [0.05, 0.1) is 0 Å². The van der Waals surface area contributed by atoms with Gasteiger partial charge < -0.3 is 10.6 Å². The Kier molecular flexibility index (Phi) is 5.81. The zero-order valence-electron chi connectivity index (χ0n) is 21.7. The van der Waals surface area contributed by atoms with Gasteiger partial charge >= 0.3 is 0 Å². The molecule has 0 unspecified atom stereocenters. The van der Waals surface area contributed by atoms with Crippen molar-refractivity contribution in [3.8, 4) is 22.3 Å². The van der Waals surface area contributed by atoms with Gasteiger partial charge in [-0.1, -0.05) is 93.6 Å². The van der Waals surface area contributed by atoms with Crippen molar-refractivity contribution in [2.24, 2.45) is 0 Å². The van der Waals surface area contributed by atoms with Crippen LogP contribution in [-0.2, 0) is 11.8 Å². The molecule has 5 aromatic rings. The molecule has 0 amide bonds. The molecule has 5 aromatic carbocycles. The van der Waals surface area contributed by atoms with Gasteiger partial charge in [0.15, 0.2) is 0 Å². The van der Waals surface area contributed by atoms with E-state index in [1.165, 1.54) is 38.9 Å². The van der Waals surface area contributed by atoms with Gasteiger partial charge in [-0.3, -0.25) is 0 Å². The van der Waals surface area contributed by atoms with Crippen molar-refractivity contribution < 1.29 is 0 Å². The molecule has 0 spiro atoms. The number of anilines is 4. The summed E-state index contributed by atoms with van der Waals surface area (Å²) >= 11 is 0. The Hall–Kier alpha value is -4.30. The van der Waals surface area contributed by atoms with E-state index in [1.807, 2.05) is 6.07 Å². The van der Waals surface area contributed by atoms with Crippen LogP contribution in [0.3, 0.4) is 0 Å². The average molecular weight is 481 g/mol. The third kappa shape index (κ3) is 4.19. The number of hydrogen-bond donors (Lipinski definition) is 2. The molecular formula is C35H32N2. The van der Waals surface area contributed by atoms with Crippen LogP contribution in [0.4, 0.5) is 22.7 Å². The number of rotatable bonds is 6. The SMILES string of the molecule is CCc1ccc(Nc2ccc3c(c2)C(C)(C)c2ccccc2-3)cc1-c1ccccc1Nc1ccccc1. The molecule has 2 heteroatoms. The van der Waals surface area contributed by atoms with Crippen LogP contribution in [0.2, 0.25) is 0 Å². The first kappa shape index (κ1) is 23.1. The quantitative estimate of drug-likeness (QED) is 0.253. The highest BCUT2D eigenvalue weighted by Gasteiger charge is 2.35. The zero-order chi connectivity index (χ0) is 25.4. The monoisotopic (exact) mass is 480 g/mol. The molecule has 0 bridgehead atoms. The molecule has 0 aromatic heterocycles. The minimum absolute atomic E-state index is 0.0110. The maximum atomic E-state index is 3.71. The fourth-order valence-corrected chi connectivity index (χ4v) is 5.67. The lowest BCUT2D eigenvalue weighted by Crippen LogP contribution is -2.15. The number of hydrogen-bond acceptors (Lipinski definition) is 2. The number of para-hydroxylation sites is 2. The molecule has 1 aliphatic carbocycles. The van der Waals surface area contributed by atoms with Crippen molar-refractivity contribution in [2.75, 3.05) is 10.6 Å². The van der Waals surface area contributed by atoms with Crippen LogP contribution in [-0.4, -0.2) is 0 Å². The zero-order valence-corrected chi connectivity index (χ0v) is 21.7. The summed E-state index contributed by atoms with van der Waals surface area (Å²) in [5.74, 6) is 0. The number of nitrogens with one attached hydrogen (secondary N) is 2. The topological polar surface area (TPSA) is 24.1 Å². The first-order chi connectivity index (χ1) is 18.0. The van der Waals surface area contributed by atoms with E-state index in [1.54, 1.807) is 0 Å². The fraction of sp³-hybridized carbons (Fsp3) is 0.143. The molecule has 6 rings (SSSR count). The highest BCUT2D eigenvalue weighted by atomic mass is 14.9. The maximum Gasteiger partial charge on any atom is 0.0464 e. The van der Waals surface area contributed by atoms with Crippen LogP contribution in [0, 0.1) is 0 Å². The largest absolute Gasteiger partial charge is 0.355 e. The van der Waals surface area contributed by atoms with Crippen molar-refractivity contribution in [3.05, 3.63) is 132 Å². The van der Waals surface area contributed by atoms with Crippen molar-refractivity contribution in [1.82, 2.24) is 0 Å². The molecule has 0 aliphatic heterocycles. The number of aryl methyl sites for hydroxylation is 1. The summed E-state index contributed by atoms with van der Waals surface area (Å²) in [6.45, 7) is 6.87. The summed E-state index contributed by atoms with van der Waals surface area (Å²) in [6, 6.07) is 41.3. The van der Waals surface area contributed by atoms with E-state index in [9.17, 15) is 0 Å². The van der Waals surface area contributed by atoms with E-state index in [-0.39, 0.29) is 5.41 Å². The van der Waals surface area contributed by atoms with Crippen molar-refractivity contribution in [2.45, 2.75) is 32.6 Å². The molecule has 0 fully saturated rings. The van der Waals surface area contributed by atoms with Gasteiger partial charge in [-0.05, 0) is 82.3 Å². The Morgan fingerprint density at radius 1 is 0.514 bits per heavy atom.